The molecular weight excluding hydrogens is 751 g/mol. The Morgan fingerprint density at radius 3 is 2.65 bits per heavy atom. The predicted molar refractivity (Wildman–Crippen MR) is 208 cm³/mol. The number of nitrogens with zero attached hydrogens (tertiary/aromatic N) is 3. The van der Waals surface area contributed by atoms with Crippen molar-refractivity contribution in [1.29, 1.82) is 5.26 Å². The van der Waals surface area contributed by atoms with E-state index in [4.69, 9.17) is 28.4 Å². The number of methoxy groups -OCH3 is 2. The number of nitriles is 1. The second kappa shape index (κ2) is 12.9. The van der Waals surface area contributed by atoms with E-state index in [0.717, 1.165) is 50.2 Å². The molecule has 0 aliphatic carbocycles. The van der Waals surface area contributed by atoms with Crippen LogP contribution in [0.5, 0.6) is 34.5 Å². The molecule has 7 aliphatic heterocycles. The summed E-state index contributed by atoms with van der Waals surface area (Å²) in [6, 6.07) is 7.96. The summed E-state index contributed by atoms with van der Waals surface area (Å²) in [5, 5.41) is 27.3. The van der Waals surface area contributed by atoms with Crippen LogP contribution in [0.2, 0.25) is 0 Å². The zero-order valence-corrected chi connectivity index (χ0v) is 33.3. The van der Waals surface area contributed by atoms with Gasteiger partial charge < -0.3 is 38.5 Å². The number of likely N-dealkylation sites (N-methyl/N-ethyl adjacent to an activating group) is 1. The number of rotatable bonds is 3. The minimum atomic E-state index is -1.29. The molecule has 8 heterocycles. The van der Waals surface area contributed by atoms with Gasteiger partial charge in [-0.25, -0.2) is 4.79 Å². The van der Waals surface area contributed by atoms with Gasteiger partial charge in [-0.2, -0.15) is 5.26 Å². The number of H-pyrrole nitrogens is 1. The zero-order chi connectivity index (χ0) is 39.7. The number of thioether (sulfide) groups is 1. The Hall–Kier alpha value is -5.14. The van der Waals surface area contributed by atoms with Crippen LogP contribution in [0.3, 0.4) is 0 Å². The average Bonchev–Trinajstić information content (AvgIpc) is 3.84. The molecule has 0 amide bonds. The molecule has 7 atom stereocenters. The van der Waals surface area contributed by atoms with Crippen molar-refractivity contribution < 1.29 is 43.1 Å². The Kier molecular flexibility index (Phi) is 8.22. The van der Waals surface area contributed by atoms with Crippen LogP contribution in [-0.2, 0) is 32.7 Å². The number of phenols is 1. The van der Waals surface area contributed by atoms with Gasteiger partial charge in [0, 0.05) is 64.5 Å². The second-order valence-electron chi connectivity index (χ2n) is 15.8. The number of carbonyl (C=O) groups excluding carboxylic acids is 2. The quantitative estimate of drug-likeness (QED) is 0.192. The molecule has 57 heavy (non-hydrogen) atoms. The molecule has 14 nitrogen and oxygen atoms in total. The van der Waals surface area contributed by atoms with Gasteiger partial charge in [0.15, 0.2) is 28.5 Å². The third kappa shape index (κ3) is 4.87. The Balaban J connectivity index is 1.24. The van der Waals surface area contributed by atoms with E-state index in [1.165, 1.54) is 18.7 Å². The number of nitrogens with one attached hydrogen (secondary N) is 2. The molecule has 2 saturated heterocycles. The molecule has 296 valence electrons. The maximum Gasteiger partial charge on any atom is 0.333 e. The van der Waals surface area contributed by atoms with E-state index in [1.807, 2.05) is 39.1 Å². The van der Waals surface area contributed by atoms with Crippen molar-refractivity contribution in [3.63, 3.8) is 0 Å². The first-order valence-corrected chi connectivity index (χ1v) is 20.2. The number of hydrogen-bond donors (Lipinski definition) is 3. The minimum Gasteiger partial charge on any atom is -0.504 e. The first kappa shape index (κ1) is 36.2. The van der Waals surface area contributed by atoms with Gasteiger partial charge in [0.1, 0.15) is 24.1 Å². The number of carbonyl (C=O) groups is 2. The van der Waals surface area contributed by atoms with Crippen molar-refractivity contribution in [2.45, 2.75) is 74.6 Å². The number of phenolic OH excluding ortho intramolecular Hbond substituents is 1. The standard InChI is InChI=1S/C42H43N5O9S/c1-18-11-21-12-26-27(14-43)47-28-15-53-41(50)42(40-23(9-10-44-42)24-13-22(51-5)7-8-25(24)45-40)16-57-39(33(47)32(46(26)4)29(21)34(49)35(18)52-6)31-30(28)38-37(54-17-55-38)19(2)36(31)56-20(3)48/h7-8,11,13,26-28,32-33,39,44-45,49H,9-10,12,15-17H2,1-6H3/t26-,27+,28-,32-,33?,39-,42-/m1/s1. The van der Waals surface area contributed by atoms with Crippen molar-refractivity contribution >= 4 is 34.6 Å². The van der Waals surface area contributed by atoms with Crippen molar-refractivity contribution in [2.24, 2.45) is 0 Å². The van der Waals surface area contributed by atoms with E-state index >= 15 is 0 Å². The monoisotopic (exact) mass is 793 g/mol. The number of hydrogen-bond acceptors (Lipinski definition) is 14. The highest BCUT2D eigenvalue weighted by Gasteiger charge is 2.62. The van der Waals surface area contributed by atoms with Gasteiger partial charge in [-0.3, -0.25) is 19.9 Å². The molecule has 1 aromatic heterocycles. The highest BCUT2D eigenvalue weighted by molar-refractivity contribution is 7.99. The van der Waals surface area contributed by atoms with E-state index in [0.29, 0.717) is 53.5 Å². The van der Waals surface area contributed by atoms with E-state index in [1.54, 1.807) is 14.2 Å². The molecule has 11 rings (SSSR count). The summed E-state index contributed by atoms with van der Waals surface area (Å²) in [6.45, 7) is 5.48. The Bertz CT molecular complexity index is 2460. The molecule has 1 unspecified atom stereocenters. The maximum absolute atomic E-state index is 14.9. The fourth-order valence-electron chi connectivity index (χ4n) is 10.8. The van der Waals surface area contributed by atoms with Crippen LogP contribution in [0, 0.1) is 25.2 Å². The van der Waals surface area contributed by atoms with Gasteiger partial charge in [-0.05, 0) is 68.6 Å². The van der Waals surface area contributed by atoms with E-state index < -0.39 is 46.9 Å². The molecule has 4 bridgehead atoms. The number of aryl methyl sites for hydroxylation is 1. The fraction of sp³-hybridized carbons (Fsp3) is 0.452. The highest BCUT2D eigenvalue weighted by Crippen LogP contribution is 2.64. The highest BCUT2D eigenvalue weighted by atomic mass is 32.2. The van der Waals surface area contributed by atoms with Crippen LogP contribution in [0.1, 0.15) is 68.9 Å². The van der Waals surface area contributed by atoms with E-state index in [2.05, 4.69) is 32.2 Å². The first-order chi connectivity index (χ1) is 27.5. The van der Waals surface area contributed by atoms with Gasteiger partial charge in [0.2, 0.25) is 6.79 Å². The lowest BCUT2D eigenvalue weighted by Crippen LogP contribution is -2.69. The number of benzene rings is 3. The zero-order valence-electron chi connectivity index (χ0n) is 32.5. The summed E-state index contributed by atoms with van der Waals surface area (Å²) in [5.74, 6) is 1.76. The van der Waals surface area contributed by atoms with Crippen LogP contribution in [0.25, 0.3) is 10.9 Å². The smallest absolute Gasteiger partial charge is 0.333 e. The number of esters is 2. The van der Waals surface area contributed by atoms with Crippen molar-refractivity contribution in [3.8, 4) is 40.6 Å². The molecule has 1 spiro atoms. The van der Waals surface area contributed by atoms with Crippen molar-refractivity contribution in [1.82, 2.24) is 20.1 Å². The molecule has 15 heteroatoms. The Labute approximate surface area is 333 Å². The van der Waals surface area contributed by atoms with E-state index in [9.17, 15) is 20.0 Å². The third-order valence-corrected chi connectivity index (χ3v) is 14.6. The predicted octanol–water partition coefficient (Wildman–Crippen LogP) is 4.76. The van der Waals surface area contributed by atoms with Gasteiger partial charge in [0.25, 0.3) is 0 Å². The van der Waals surface area contributed by atoms with Crippen LogP contribution in [-0.4, -0.2) is 96.9 Å². The van der Waals surface area contributed by atoms with E-state index in [-0.39, 0.29) is 30.9 Å². The molecule has 4 aromatic rings. The van der Waals surface area contributed by atoms with Crippen LogP contribution in [0.4, 0.5) is 0 Å². The number of aromatic nitrogens is 1. The van der Waals surface area contributed by atoms with Gasteiger partial charge in [-0.1, -0.05) is 6.07 Å². The molecule has 0 radical (unpaired) electrons. The number of ether oxygens (including phenoxy) is 6. The second-order valence-corrected chi connectivity index (χ2v) is 16.9. The number of piperazine rings is 1. The lowest BCUT2D eigenvalue weighted by molar-refractivity contribution is -0.157. The SMILES string of the molecule is COc1ccc2[nH]c3c(c2c1)CCN[C@]31CS[C@@H]2c3c(OC(C)=O)c(C)c4c(c3[C@@H](COC1=O)N1C2[C@H]2c3c(cc(C)c(OC)c3O)C[C@H]([C@@H]1C#N)N2C)OCO4. The maximum atomic E-state index is 14.9. The van der Waals surface area contributed by atoms with Crippen LogP contribution in [0.15, 0.2) is 24.3 Å². The molecule has 3 aromatic carbocycles. The topological polar surface area (TPSA) is 168 Å². The largest absolute Gasteiger partial charge is 0.504 e. The summed E-state index contributed by atoms with van der Waals surface area (Å²) in [7, 11) is 5.20. The van der Waals surface area contributed by atoms with Gasteiger partial charge in [0.05, 0.1) is 43.3 Å². The minimum absolute atomic E-state index is 0.0447. The summed E-state index contributed by atoms with van der Waals surface area (Å²) in [6.07, 6.45) is 1.19. The number of aromatic amines is 1. The van der Waals surface area contributed by atoms with Gasteiger partial charge >= 0.3 is 11.9 Å². The molecule has 2 fully saturated rings. The lowest BCUT2D eigenvalue weighted by atomic mass is 9.71. The molecule has 3 N–H and O–H groups in total. The Morgan fingerprint density at radius 1 is 1.09 bits per heavy atom. The van der Waals surface area contributed by atoms with Crippen LogP contribution >= 0.6 is 11.8 Å². The summed E-state index contributed by atoms with van der Waals surface area (Å²) < 4.78 is 36.4. The van der Waals surface area contributed by atoms with Crippen molar-refractivity contribution in [3.05, 3.63) is 68.9 Å². The van der Waals surface area contributed by atoms with Crippen molar-refractivity contribution in [2.75, 3.05) is 47.0 Å². The molecule has 0 saturated carbocycles. The third-order valence-electron chi connectivity index (χ3n) is 13.1. The summed E-state index contributed by atoms with van der Waals surface area (Å²) >= 11 is 1.54. The van der Waals surface area contributed by atoms with Crippen LogP contribution < -0.4 is 29.0 Å². The first-order valence-electron chi connectivity index (χ1n) is 19.2. The normalized spacial score (nSPS) is 28.5. The fourth-order valence-corrected chi connectivity index (χ4v) is 12.4. The molecular formula is C42H43N5O9S. The lowest BCUT2D eigenvalue weighted by Gasteiger charge is -2.62. The average molecular weight is 794 g/mol. The molecule has 7 aliphatic rings. The summed E-state index contributed by atoms with van der Waals surface area (Å²) in [4.78, 5) is 35.9. The number of fused-ring (bicyclic) bond motifs is 11. The number of aromatic hydroxyl groups is 1. The Morgan fingerprint density at radius 2 is 1.89 bits per heavy atom. The summed E-state index contributed by atoms with van der Waals surface area (Å²) in [5.41, 5.74) is 5.85. The van der Waals surface area contributed by atoms with Gasteiger partial charge in [-0.15, -0.1) is 11.8 Å².